The zero-order valence-electron chi connectivity index (χ0n) is 13.2. The Morgan fingerprint density at radius 2 is 2.35 bits per heavy atom. The van der Waals surface area contributed by atoms with Crippen molar-refractivity contribution < 1.29 is 14.3 Å². The number of ether oxygens (including phenoxy) is 2. The molecule has 1 amide bonds. The van der Waals surface area contributed by atoms with Crippen molar-refractivity contribution in [3.8, 4) is 5.75 Å². The number of nitrogens with zero attached hydrogens (tertiary/aromatic N) is 1. The van der Waals surface area contributed by atoms with Crippen molar-refractivity contribution >= 4 is 5.91 Å². The van der Waals surface area contributed by atoms with Crippen LogP contribution >= 0.6 is 0 Å². The van der Waals surface area contributed by atoms with E-state index < -0.39 is 0 Å². The number of aryl methyl sites for hydroxylation is 1. The molecule has 1 heterocycles. The van der Waals surface area contributed by atoms with Gasteiger partial charge in [-0.2, -0.15) is 0 Å². The number of nitrogens with one attached hydrogen (secondary N) is 2. The van der Waals surface area contributed by atoms with Crippen LogP contribution in [0.4, 0.5) is 0 Å². The summed E-state index contributed by atoms with van der Waals surface area (Å²) in [5, 5.41) is 3.07. The fourth-order valence-electron chi connectivity index (χ4n) is 2.80. The number of carbonyl (C=O) groups is 1. The Morgan fingerprint density at radius 3 is 3.22 bits per heavy atom. The minimum absolute atomic E-state index is 0.0319. The lowest BCUT2D eigenvalue weighted by molar-refractivity contribution is 0.0931. The summed E-state index contributed by atoms with van der Waals surface area (Å²) in [6, 6.07) is 7.15. The second-order valence-corrected chi connectivity index (χ2v) is 5.55. The van der Waals surface area contributed by atoms with E-state index in [0.29, 0.717) is 24.5 Å². The SMILES string of the molecule is COCCOc1cccc(C(=O)NC2CCCc3[nH]cnc32)c1. The zero-order valence-corrected chi connectivity index (χ0v) is 13.2. The Hall–Kier alpha value is -2.34. The first-order valence-corrected chi connectivity index (χ1v) is 7.82. The van der Waals surface area contributed by atoms with Crippen molar-refractivity contribution in [2.24, 2.45) is 0 Å². The maximum absolute atomic E-state index is 12.5. The summed E-state index contributed by atoms with van der Waals surface area (Å²) in [6.45, 7) is 0.973. The van der Waals surface area contributed by atoms with Gasteiger partial charge in [0, 0.05) is 18.4 Å². The number of amides is 1. The highest BCUT2D eigenvalue weighted by atomic mass is 16.5. The highest BCUT2D eigenvalue weighted by molar-refractivity contribution is 5.94. The van der Waals surface area contributed by atoms with Gasteiger partial charge in [-0.1, -0.05) is 6.07 Å². The standard InChI is InChI=1S/C17H21N3O3/c1-22-8-9-23-13-5-2-4-12(10-13)17(21)20-15-7-3-6-14-16(15)19-11-18-14/h2,4-5,10-11,15H,3,6-9H2,1H3,(H,18,19)(H,20,21). The topological polar surface area (TPSA) is 76.2 Å². The minimum Gasteiger partial charge on any atom is -0.491 e. The molecule has 0 spiro atoms. The Labute approximate surface area is 135 Å². The van der Waals surface area contributed by atoms with Crippen molar-refractivity contribution in [3.05, 3.63) is 47.5 Å². The minimum atomic E-state index is -0.108. The Kier molecular flexibility index (Phi) is 4.92. The van der Waals surface area contributed by atoms with Crippen LogP contribution in [0.25, 0.3) is 0 Å². The van der Waals surface area contributed by atoms with E-state index in [1.807, 2.05) is 12.1 Å². The molecule has 0 saturated carbocycles. The molecule has 0 bridgehead atoms. The van der Waals surface area contributed by atoms with Crippen molar-refractivity contribution in [3.63, 3.8) is 0 Å². The van der Waals surface area contributed by atoms with E-state index in [2.05, 4.69) is 15.3 Å². The van der Waals surface area contributed by atoms with Gasteiger partial charge in [0.2, 0.25) is 0 Å². The molecule has 0 aliphatic heterocycles. The largest absolute Gasteiger partial charge is 0.491 e. The van der Waals surface area contributed by atoms with E-state index >= 15 is 0 Å². The number of aromatic nitrogens is 2. The molecule has 1 unspecified atom stereocenters. The molecule has 6 nitrogen and oxygen atoms in total. The third-order valence-electron chi connectivity index (χ3n) is 3.96. The number of carbonyl (C=O) groups excluding carboxylic acids is 1. The number of fused-ring (bicyclic) bond motifs is 1. The smallest absolute Gasteiger partial charge is 0.251 e. The molecular weight excluding hydrogens is 294 g/mol. The van der Waals surface area contributed by atoms with Crippen LogP contribution in [-0.2, 0) is 11.2 Å². The molecular formula is C17H21N3O3. The van der Waals surface area contributed by atoms with E-state index in [4.69, 9.17) is 9.47 Å². The van der Waals surface area contributed by atoms with Gasteiger partial charge in [-0.25, -0.2) is 4.98 Å². The molecule has 6 heteroatoms. The summed E-state index contributed by atoms with van der Waals surface area (Å²) >= 11 is 0. The van der Waals surface area contributed by atoms with Gasteiger partial charge in [-0.15, -0.1) is 0 Å². The van der Waals surface area contributed by atoms with Gasteiger partial charge in [0.25, 0.3) is 5.91 Å². The predicted octanol–water partition coefficient (Wildman–Crippen LogP) is 2.24. The first-order valence-electron chi connectivity index (χ1n) is 7.82. The molecule has 1 aromatic carbocycles. The summed E-state index contributed by atoms with van der Waals surface area (Å²) in [5.41, 5.74) is 2.66. The molecule has 3 rings (SSSR count). The van der Waals surface area contributed by atoms with Crippen LogP contribution in [0.2, 0.25) is 0 Å². The summed E-state index contributed by atoms with van der Waals surface area (Å²) in [4.78, 5) is 20.0. The number of hydrogen-bond acceptors (Lipinski definition) is 4. The molecule has 1 aromatic heterocycles. The Morgan fingerprint density at radius 1 is 1.43 bits per heavy atom. The average Bonchev–Trinajstić information content (AvgIpc) is 3.05. The van der Waals surface area contributed by atoms with Crippen LogP contribution in [0.3, 0.4) is 0 Å². The maximum atomic E-state index is 12.5. The zero-order chi connectivity index (χ0) is 16.1. The lowest BCUT2D eigenvalue weighted by Gasteiger charge is -2.22. The highest BCUT2D eigenvalue weighted by Gasteiger charge is 2.24. The van der Waals surface area contributed by atoms with Gasteiger partial charge >= 0.3 is 0 Å². The molecule has 1 atom stereocenters. The predicted molar refractivity (Wildman–Crippen MR) is 85.5 cm³/mol. The summed E-state index contributed by atoms with van der Waals surface area (Å²) in [5.74, 6) is 0.557. The number of H-pyrrole nitrogens is 1. The van der Waals surface area contributed by atoms with Gasteiger partial charge in [-0.05, 0) is 37.5 Å². The quantitative estimate of drug-likeness (QED) is 0.802. The van der Waals surface area contributed by atoms with Gasteiger partial charge in [-0.3, -0.25) is 4.79 Å². The number of benzene rings is 1. The fraction of sp³-hybridized carbons (Fsp3) is 0.412. The summed E-state index contributed by atoms with van der Waals surface area (Å²) in [6.07, 6.45) is 4.64. The van der Waals surface area contributed by atoms with Crippen molar-refractivity contribution in [2.45, 2.75) is 25.3 Å². The molecule has 122 valence electrons. The molecule has 2 aromatic rings. The lowest BCUT2D eigenvalue weighted by atomic mass is 9.96. The fourth-order valence-corrected chi connectivity index (χ4v) is 2.80. The van der Waals surface area contributed by atoms with Crippen LogP contribution in [0, 0.1) is 0 Å². The van der Waals surface area contributed by atoms with Crippen molar-refractivity contribution in [1.29, 1.82) is 0 Å². The molecule has 1 aliphatic rings. The third kappa shape index (κ3) is 3.71. The van der Waals surface area contributed by atoms with E-state index in [1.54, 1.807) is 25.6 Å². The van der Waals surface area contributed by atoms with E-state index in [1.165, 1.54) is 0 Å². The van der Waals surface area contributed by atoms with Crippen LogP contribution in [0.15, 0.2) is 30.6 Å². The Balaban J connectivity index is 1.66. The maximum Gasteiger partial charge on any atom is 0.251 e. The van der Waals surface area contributed by atoms with Gasteiger partial charge < -0.3 is 19.8 Å². The van der Waals surface area contributed by atoms with Crippen LogP contribution in [0.1, 0.15) is 40.6 Å². The normalized spacial score (nSPS) is 16.7. The number of hydrogen-bond donors (Lipinski definition) is 2. The monoisotopic (exact) mass is 315 g/mol. The van der Waals surface area contributed by atoms with E-state index in [-0.39, 0.29) is 11.9 Å². The van der Waals surface area contributed by atoms with Gasteiger partial charge in [0.15, 0.2) is 0 Å². The molecule has 1 aliphatic carbocycles. The number of aromatic amines is 1. The van der Waals surface area contributed by atoms with E-state index in [0.717, 1.165) is 30.7 Å². The number of methoxy groups -OCH3 is 1. The number of rotatable bonds is 6. The first-order chi connectivity index (χ1) is 11.3. The molecule has 0 fully saturated rings. The second-order valence-electron chi connectivity index (χ2n) is 5.55. The first kappa shape index (κ1) is 15.6. The third-order valence-corrected chi connectivity index (χ3v) is 3.96. The van der Waals surface area contributed by atoms with Crippen molar-refractivity contribution in [2.75, 3.05) is 20.3 Å². The van der Waals surface area contributed by atoms with Crippen LogP contribution < -0.4 is 10.1 Å². The second kappa shape index (κ2) is 7.28. The summed E-state index contributed by atoms with van der Waals surface area (Å²) in [7, 11) is 1.63. The lowest BCUT2D eigenvalue weighted by Crippen LogP contribution is -2.31. The summed E-state index contributed by atoms with van der Waals surface area (Å²) < 4.78 is 10.5. The van der Waals surface area contributed by atoms with Gasteiger partial charge in [0.05, 0.1) is 24.7 Å². The molecule has 0 saturated heterocycles. The molecule has 2 N–H and O–H groups in total. The highest BCUT2D eigenvalue weighted by Crippen LogP contribution is 2.27. The average molecular weight is 315 g/mol. The Bertz CT molecular complexity index is 669. The van der Waals surface area contributed by atoms with Crippen LogP contribution in [0.5, 0.6) is 5.75 Å². The van der Waals surface area contributed by atoms with E-state index in [9.17, 15) is 4.79 Å². The number of imidazole rings is 1. The van der Waals surface area contributed by atoms with Gasteiger partial charge in [0.1, 0.15) is 12.4 Å². The molecule has 23 heavy (non-hydrogen) atoms. The van der Waals surface area contributed by atoms with Crippen molar-refractivity contribution in [1.82, 2.24) is 15.3 Å². The van der Waals surface area contributed by atoms with Crippen LogP contribution in [-0.4, -0.2) is 36.2 Å². The molecule has 0 radical (unpaired) electrons.